The second-order valence-corrected chi connectivity index (χ2v) is 7.19. The molecule has 0 atom stereocenters. The Hall–Kier alpha value is -1.84. The van der Waals surface area contributed by atoms with Gasteiger partial charge in [0.05, 0.1) is 5.41 Å². The number of carbonyl (C=O) groups is 2. The van der Waals surface area contributed by atoms with Crippen LogP contribution in [0.4, 0.5) is 0 Å². The van der Waals surface area contributed by atoms with Gasteiger partial charge in [-0.05, 0) is 55.9 Å². The normalized spacial score (nSPS) is 25.6. The van der Waals surface area contributed by atoms with Gasteiger partial charge in [-0.1, -0.05) is 30.3 Å². The summed E-state index contributed by atoms with van der Waals surface area (Å²) in [6.07, 6.45) is 6.35. The van der Waals surface area contributed by atoms with E-state index in [1.54, 1.807) is 0 Å². The van der Waals surface area contributed by atoms with Crippen molar-refractivity contribution in [1.29, 1.82) is 0 Å². The van der Waals surface area contributed by atoms with Crippen molar-refractivity contribution in [3.63, 3.8) is 0 Å². The number of hydrogen-bond acceptors (Lipinski definition) is 2. The van der Waals surface area contributed by atoms with Crippen molar-refractivity contribution in [3.05, 3.63) is 35.9 Å². The van der Waals surface area contributed by atoms with E-state index in [2.05, 4.69) is 29.6 Å². The van der Waals surface area contributed by atoms with Gasteiger partial charge in [0, 0.05) is 13.0 Å². The summed E-state index contributed by atoms with van der Waals surface area (Å²) in [6.45, 7) is 0.292. The van der Waals surface area contributed by atoms with Crippen molar-refractivity contribution in [2.45, 2.75) is 50.9 Å². The minimum Gasteiger partial charge on any atom is -0.481 e. The molecule has 23 heavy (non-hydrogen) atoms. The summed E-state index contributed by atoms with van der Waals surface area (Å²) >= 11 is 0. The van der Waals surface area contributed by atoms with Gasteiger partial charge in [-0.2, -0.15) is 0 Å². The molecule has 0 bridgehead atoms. The highest BCUT2D eigenvalue weighted by Crippen LogP contribution is 2.45. The molecule has 2 fully saturated rings. The Morgan fingerprint density at radius 3 is 2.30 bits per heavy atom. The molecule has 0 saturated heterocycles. The highest BCUT2D eigenvalue weighted by atomic mass is 16.4. The number of carboxylic acid groups (broad SMARTS) is 1. The standard InChI is InChI=1S/C19H25NO3/c21-17(20-13-19(10-11-19)18(22)23)12-14-6-8-16(9-7-14)15-4-2-1-3-5-15/h1-5,14,16H,6-13H2,(H,20,21)(H,22,23). The average molecular weight is 315 g/mol. The number of nitrogens with one attached hydrogen (secondary N) is 1. The Kier molecular flexibility index (Phi) is 4.69. The highest BCUT2D eigenvalue weighted by molar-refractivity contribution is 5.81. The van der Waals surface area contributed by atoms with E-state index < -0.39 is 11.4 Å². The summed E-state index contributed by atoms with van der Waals surface area (Å²) in [5.74, 6) is 0.300. The van der Waals surface area contributed by atoms with Crippen LogP contribution in [0.15, 0.2) is 30.3 Å². The molecular formula is C19H25NO3. The zero-order chi connectivity index (χ0) is 16.3. The molecule has 0 aliphatic heterocycles. The van der Waals surface area contributed by atoms with Crippen molar-refractivity contribution >= 4 is 11.9 Å². The molecule has 0 aromatic heterocycles. The second-order valence-electron chi connectivity index (χ2n) is 7.19. The van der Waals surface area contributed by atoms with Gasteiger partial charge in [-0.3, -0.25) is 9.59 Å². The van der Waals surface area contributed by atoms with E-state index in [1.165, 1.54) is 5.56 Å². The zero-order valence-electron chi connectivity index (χ0n) is 13.5. The molecule has 2 saturated carbocycles. The number of benzene rings is 1. The lowest BCUT2D eigenvalue weighted by molar-refractivity contribution is -0.143. The molecule has 0 radical (unpaired) electrons. The number of amides is 1. The van der Waals surface area contributed by atoms with Gasteiger partial charge >= 0.3 is 5.97 Å². The first-order valence-corrected chi connectivity index (χ1v) is 8.64. The largest absolute Gasteiger partial charge is 0.481 e. The number of carboxylic acids is 1. The van der Waals surface area contributed by atoms with E-state index in [4.69, 9.17) is 5.11 Å². The van der Waals surface area contributed by atoms with E-state index in [-0.39, 0.29) is 5.91 Å². The van der Waals surface area contributed by atoms with Crippen molar-refractivity contribution in [2.24, 2.45) is 11.3 Å². The maximum atomic E-state index is 12.1. The van der Waals surface area contributed by atoms with Crippen LogP contribution in [0.1, 0.15) is 56.4 Å². The van der Waals surface area contributed by atoms with E-state index in [1.807, 2.05) is 6.07 Å². The van der Waals surface area contributed by atoms with Crippen molar-refractivity contribution < 1.29 is 14.7 Å². The third-order valence-electron chi connectivity index (χ3n) is 5.52. The second kappa shape index (κ2) is 6.73. The molecule has 4 heteroatoms. The predicted molar refractivity (Wildman–Crippen MR) is 88.1 cm³/mol. The van der Waals surface area contributed by atoms with E-state index in [0.717, 1.165) is 25.7 Å². The average Bonchev–Trinajstić information content (AvgIpc) is 3.36. The zero-order valence-corrected chi connectivity index (χ0v) is 13.5. The fourth-order valence-corrected chi connectivity index (χ4v) is 3.64. The Balaban J connectivity index is 1.40. The summed E-state index contributed by atoms with van der Waals surface area (Å²) < 4.78 is 0. The molecule has 3 rings (SSSR count). The third kappa shape index (κ3) is 3.92. The van der Waals surface area contributed by atoms with Crippen molar-refractivity contribution in [2.75, 3.05) is 6.54 Å². The summed E-state index contributed by atoms with van der Waals surface area (Å²) in [5, 5.41) is 12.0. The lowest BCUT2D eigenvalue weighted by Gasteiger charge is -2.28. The lowest BCUT2D eigenvalue weighted by atomic mass is 9.77. The van der Waals surface area contributed by atoms with Gasteiger partial charge in [-0.25, -0.2) is 0 Å². The van der Waals surface area contributed by atoms with E-state index in [0.29, 0.717) is 37.6 Å². The maximum Gasteiger partial charge on any atom is 0.311 e. The van der Waals surface area contributed by atoms with Gasteiger partial charge in [0.1, 0.15) is 0 Å². The minimum atomic E-state index is -0.777. The Bertz CT molecular complexity index is 557. The minimum absolute atomic E-state index is 0.0145. The Labute approximate surface area is 137 Å². The maximum absolute atomic E-state index is 12.1. The van der Waals surface area contributed by atoms with Crippen LogP contribution in [0.25, 0.3) is 0 Å². The van der Waals surface area contributed by atoms with Gasteiger partial charge in [-0.15, -0.1) is 0 Å². The van der Waals surface area contributed by atoms with Crippen LogP contribution in [0.3, 0.4) is 0 Å². The molecule has 2 aliphatic carbocycles. The summed E-state index contributed by atoms with van der Waals surface area (Å²) in [5.41, 5.74) is 0.744. The smallest absolute Gasteiger partial charge is 0.311 e. The van der Waals surface area contributed by atoms with Gasteiger partial charge < -0.3 is 10.4 Å². The molecule has 124 valence electrons. The van der Waals surface area contributed by atoms with Crippen LogP contribution in [-0.4, -0.2) is 23.5 Å². The molecule has 2 aliphatic rings. The molecule has 1 aromatic rings. The van der Waals surface area contributed by atoms with Crippen LogP contribution < -0.4 is 5.32 Å². The number of hydrogen-bond donors (Lipinski definition) is 2. The first-order valence-electron chi connectivity index (χ1n) is 8.64. The van der Waals surface area contributed by atoms with Gasteiger partial charge in [0.15, 0.2) is 0 Å². The monoisotopic (exact) mass is 315 g/mol. The Morgan fingerprint density at radius 2 is 1.74 bits per heavy atom. The van der Waals surface area contributed by atoms with E-state index >= 15 is 0 Å². The van der Waals surface area contributed by atoms with Crippen molar-refractivity contribution in [3.8, 4) is 0 Å². The fourth-order valence-electron chi connectivity index (χ4n) is 3.64. The number of aliphatic carboxylic acids is 1. The quantitative estimate of drug-likeness (QED) is 0.846. The molecule has 0 unspecified atom stereocenters. The molecule has 0 spiro atoms. The van der Waals surface area contributed by atoms with Crippen LogP contribution in [0.2, 0.25) is 0 Å². The number of carbonyl (C=O) groups excluding carboxylic acids is 1. The van der Waals surface area contributed by atoms with Crippen molar-refractivity contribution in [1.82, 2.24) is 5.32 Å². The molecule has 2 N–H and O–H groups in total. The SMILES string of the molecule is O=C(CC1CCC(c2ccccc2)CC1)NCC1(C(=O)O)CC1. The van der Waals surface area contributed by atoms with Crippen LogP contribution in [-0.2, 0) is 9.59 Å². The molecule has 1 amide bonds. The predicted octanol–water partition coefficient (Wildman–Crippen LogP) is 3.33. The fraction of sp³-hybridized carbons (Fsp3) is 0.579. The molecule has 4 nitrogen and oxygen atoms in total. The first kappa shape index (κ1) is 16.0. The summed E-state index contributed by atoms with van der Waals surface area (Å²) in [6, 6.07) is 10.6. The molecular weight excluding hydrogens is 290 g/mol. The first-order chi connectivity index (χ1) is 11.1. The third-order valence-corrected chi connectivity index (χ3v) is 5.52. The Morgan fingerprint density at radius 1 is 1.09 bits per heavy atom. The van der Waals surface area contributed by atoms with Gasteiger partial charge in [0.25, 0.3) is 0 Å². The molecule has 0 heterocycles. The highest BCUT2D eigenvalue weighted by Gasteiger charge is 2.50. The summed E-state index contributed by atoms with van der Waals surface area (Å²) in [7, 11) is 0. The summed E-state index contributed by atoms with van der Waals surface area (Å²) in [4.78, 5) is 23.2. The number of rotatable bonds is 6. The van der Waals surface area contributed by atoms with Crippen LogP contribution in [0.5, 0.6) is 0 Å². The van der Waals surface area contributed by atoms with Crippen LogP contribution in [0, 0.1) is 11.3 Å². The lowest BCUT2D eigenvalue weighted by Crippen LogP contribution is -2.35. The van der Waals surface area contributed by atoms with Gasteiger partial charge in [0.2, 0.25) is 5.91 Å². The van der Waals surface area contributed by atoms with E-state index in [9.17, 15) is 9.59 Å². The topological polar surface area (TPSA) is 66.4 Å². The molecule has 1 aromatic carbocycles. The van der Waals surface area contributed by atoms with Crippen LogP contribution >= 0.6 is 0 Å².